The zero-order chi connectivity index (χ0) is 6.32. The molecule has 0 aromatic carbocycles. The van der Waals surface area contributed by atoms with Crippen LogP contribution in [0.4, 0.5) is 0 Å². The van der Waals surface area contributed by atoms with E-state index in [2.05, 4.69) is 17.7 Å². The third kappa shape index (κ3) is 0.700. The van der Waals surface area contributed by atoms with Gasteiger partial charge in [-0.15, -0.1) is 0 Å². The van der Waals surface area contributed by atoms with E-state index < -0.39 is 0 Å². The lowest BCUT2D eigenvalue weighted by atomic mass is 9.92. The number of nitrogens with one attached hydrogen (secondary N) is 2. The maximum Gasteiger partial charge on any atom is 0.0232 e. The zero-order valence-corrected chi connectivity index (χ0v) is 5.91. The molecule has 0 aromatic heterocycles. The number of hydrogen-bond donors (Lipinski definition) is 2. The normalized spacial score (nSPS) is 31.7. The smallest absolute Gasteiger partial charge is 0.0232 e. The molecule has 1 aliphatic carbocycles. The highest BCUT2D eigenvalue weighted by molar-refractivity contribution is 5.09. The predicted octanol–water partition coefficient (Wildman–Crippen LogP) is -0.0422. The average Bonchev–Trinajstić information content (AvgIpc) is 2.44. The van der Waals surface area contributed by atoms with Gasteiger partial charge < -0.3 is 10.6 Å². The van der Waals surface area contributed by atoms with Crippen LogP contribution in [-0.2, 0) is 0 Å². The third-order valence-electron chi connectivity index (χ3n) is 2.85. The maximum atomic E-state index is 3.41. The van der Waals surface area contributed by atoms with Crippen LogP contribution in [0.5, 0.6) is 0 Å². The Morgan fingerprint density at radius 3 is 2.22 bits per heavy atom. The van der Waals surface area contributed by atoms with Gasteiger partial charge in [0.1, 0.15) is 0 Å². The summed E-state index contributed by atoms with van der Waals surface area (Å²) in [5.74, 6) is 0.933. The Morgan fingerprint density at radius 1 is 1.44 bits per heavy atom. The van der Waals surface area contributed by atoms with Crippen molar-refractivity contribution in [3.63, 3.8) is 0 Å². The Balaban J connectivity index is 1.94. The van der Waals surface area contributed by atoms with Crippen LogP contribution in [0.25, 0.3) is 0 Å². The van der Waals surface area contributed by atoms with Gasteiger partial charge >= 0.3 is 0 Å². The lowest BCUT2D eigenvalue weighted by molar-refractivity contribution is 0.248. The van der Waals surface area contributed by atoms with Crippen LogP contribution in [0.15, 0.2) is 0 Å². The molecule has 1 heterocycles. The topological polar surface area (TPSA) is 24.1 Å². The second-order valence-corrected chi connectivity index (χ2v) is 3.26. The third-order valence-corrected chi connectivity index (χ3v) is 2.85. The molecule has 1 saturated carbocycles. The van der Waals surface area contributed by atoms with Crippen LogP contribution in [0.2, 0.25) is 0 Å². The van der Waals surface area contributed by atoms with Gasteiger partial charge in [0.25, 0.3) is 0 Å². The fourth-order valence-corrected chi connectivity index (χ4v) is 1.68. The Morgan fingerprint density at radius 2 is 2.11 bits per heavy atom. The fraction of sp³-hybridized carbons (Fsp3) is 1.00. The van der Waals surface area contributed by atoms with Crippen molar-refractivity contribution >= 4 is 0 Å². The van der Waals surface area contributed by atoms with Crippen molar-refractivity contribution < 1.29 is 0 Å². The maximum absolute atomic E-state index is 3.41. The predicted molar refractivity (Wildman–Crippen MR) is 37.4 cm³/mol. The second kappa shape index (κ2) is 1.70. The molecule has 1 aliphatic heterocycles. The summed E-state index contributed by atoms with van der Waals surface area (Å²) in [4.78, 5) is 0. The first-order chi connectivity index (χ1) is 4.37. The molecule has 0 atom stereocenters. The lowest BCUT2D eigenvalue weighted by Gasteiger charge is -2.34. The van der Waals surface area contributed by atoms with Gasteiger partial charge in [0.15, 0.2) is 0 Å². The largest absolute Gasteiger partial charge is 0.316 e. The molecule has 0 radical (unpaired) electrons. The molecule has 0 unspecified atom stereocenters. The summed E-state index contributed by atoms with van der Waals surface area (Å²) >= 11 is 0. The van der Waals surface area contributed by atoms with Gasteiger partial charge in [-0.25, -0.2) is 0 Å². The van der Waals surface area contributed by atoms with Crippen LogP contribution in [0, 0.1) is 5.92 Å². The van der Waals surface area contributed by atoms with Gasteiger partial charge in [-0.2, -0.15) is 0 Å². The van der Waals surface area contributed by atoms with E-state index >= 15 is 0 Å². The molecule has 0 amide bonds. The van der Waals surface area contributed by atoms with Crippen LogP contribution >= 0.6 is 0 Å². The highest BCUT2D eigenvalue weighted by Crippen LogP contribution is 2.43. The van der Waals surface area contributed by atoms with Gasteiger partial charge in [-0.05, 0) is 19.9 Å². The summed E-state index contributed by atoms with van der Waals surface area (Å²) < 4.78 is 0. The van der Waals surface area contributed by atoms with E-state index in [-0.39, 0.29) is 0 Å². The summed E-state index contributed by atoms with van der Waals surface area (Å²) in [6.45, 7) is 2.47. The molecule has 52 valence electrons. The Kier molecular flexibility index (Phi) is 1.08. The van der Waals surface area contributed by atoms with Gasteiger partial charge in [-0.1, -0.05) is 0 Å². The fourth-order valence-electron chi connectivity index (χ4n) is 1.68. The number of hydrogen-bond acceptors (Lipinski definition) is 2. The molecule has 2 fully saturated rings. The van der Waals surface area contributed by atoms with E-state index in [1.165, 1.54) is 25.9 Å². The van der Waals surface area contributed by atoms with Crippen molar-refractivity contribution in [1.29, 1.82) is 0 Å². The molecular weight excluding hydrogens is 112 g/mol. The minimum absolute atomic E-state index is 0.575. The first-order valence-electron chi connectivity index (χ1n) is 3.77. The van der Waals surface area contributed by atoms with E-state index in [0.29, 0.717) is 5.54 Å². The van der Waals surface area contributed by atoms with Gasteiger partial charge in [-0.3, -0.25) is 0 Å². The summed E-state index contributed by atoms with van der Waals surface area (Å²) in [6.07, 6.45) is 2.80. The van der Waals surface area contributed by atoms with E-state index in [0.717, 1.165) is 5.92 Å². The zero-order valence-electron chi connectivity index (χ0n) is 5.91. The molecule has 0 aromatic rings. The number of rotatable bonds is 2. The highest BCUT2D eigenvalue weighted by atomic mass is 15.1. The molecule has 2 aliphatic rings. The molecule has 0 spiro atoms. The lowest BCUT2D eigenvalue weighted by Crippen LogP contribution is -2.54. The molecule has 9 heavy (non-hydrogen) atoms. The average molecular weight is 126 g/mol. The Hall–Kier alpha value is -0.0800. The van der Waals surface area contributed by atoms with Gasteiger partial charge in [0.2, 0.25) is 0 Å². The van der Waals surface area contributed by atoms with Crippen molar-refractivity contribution in [2.45, 2.75) is 18.4 Å². The SMILES string of the molecule is CNC1(C2CNC2)CC1. The van der Waals surface area contributed by atoms with Crippen LogP contribution < -0.4 is 10.6 Å². The first kappa shape index (κ1) is 5.69. The van der Waals surface area contributed by atoms with E-state index in [9.17, 15) is 0 Å². The van der Waals surface area contributed by atoms with Crippen molar-refractivity contribution in [1.82, 2.24) is 10.6 Å². The molecule has 2 nitrogen and oxygen atoms in total. The summed E-state index contributed by atoms with van der Waals surface area (Å²) in [5.41, 5.74) is 0.575. The van der Waals surface area contributed by atoms with E-state index in [4.69, 9.17) is 0 Å². The quantitative estimate of drug-likeness (QED) is 0.542. The van der Waals surface area contributed by atoms with Crippen LogP contribution in [0.1, 0.15) is 12.8 Å². The van der Waals surface area contributed by atoms with E-state index in [1.807, 2.05) is 0 Å². The van der Waals surface area contributed by atoms with Crippen molar-refractivity contribution in [2.75, 3.05) is 20.1 Å². The Labute approximate surface area is 56.0 Å². The highest BCUT2D eigenvalue weighted by Gasteiger charge is 2.49. The van der Waals surface area contributed by atoms with Crippen molar-refractivity contribution in [3.8, 4) is 0 Å². The summed E-state index contributed by atoms with van der Waals surface area (Å²) in [7, 11) is 2.09. The van der Waals surface area contributed by atoms with Crippen LogP contribution in [-0.4, -0.2) is 25.7 Å². The van der Waals surface area contributed by atoms with Crippen LogP contribution in [0.3, 0.4) is 0 Å². The summed E-state index contributed by atoms with van der Waals surface area (Å²) in [6, 6.07) is 0. The standard InChI is InChI=1S/C7H14N2/c1-8-7(2-3-7)6-4-9-5-6/h6,8-9H,2-5H2,1H3. The molecule has 2 N–H and O–H groups in total. The molecule has 2 heteroatoms. The molecule has 2 rings (SSSR count). The van der Waals surface area contributed by atoms with Gasteiger partial charge in [0.05, 0.1) is 0 Å². The molecular formula is C7H14N2. The Bertz CT molecular complexity index is 114. The molecule has 0 bridgehead atoms. The first-order valence-corrected chi connectivity index (χ1v) is 3.77. The monoisotopic (exact) mass is 126 g/mol. The minimum atomic E-state index is 0.575. The van der Waals surface area contributed by atoms with E-state index in [1.54, 1.807) is 0 Å². The second-order valence-electron chi connectivity index (χ2n) is 3.26. The summed E-state index contributed by atoms with van der Waals surface area (Å²) in [5, 5.41) is 6.72. The van der Waals surface area contributed by atoms with Crippen molar-refractivity contribution in [3.05, 3.63) is 0 Å². The van der Waals surface area contributed by atoms with Gasteiger partial charge in [0, 0.05) is 24.5 Å². The minimum Gasteiger partial charge on any atom is -0.316 e. The molecule has 1 saturated heterocycles. The van der Waals surface area contributed by atoms with Crippen molar-refractivity contribution in [2.24, 2.45) is 5.92 Å².